The molecule has 9 nitrogen and oxygen atoms in total. The summed E-state index contributed by atoms with van der Waals surface area (Å²) in [5.74, 6) is 3.42. The third-order valence-corrected chi connectivity index (χ3v) is 5.71. The van der Waals surface area contributed by atoms with Crippen molar-refractivity contribution in [3.8, 4) is 11.5 Å². The van der Waals surface area contributed by atoms with E-state index in [1.807, 2.05) is 6.07 Å². The van der Waals surface area contributed by atoms with Crippen LogP contribution in [0, 0.1) is 0 Å². The first-order valence-electron chi connectivity index (χ1n) is 10.1. The van der Waals surface area contributed by atoms with E-state index < -0.39 is 0 Å². The van der Waals surface area contributed by atoms with Gasteiger partial charge in [0.1, 0.15) is 11.8 Å². The zero-order chi connectivity index (χ0) is 19.2. The molecule has 0 amide bonds. The number of hydrogen-bond donors (Lipinski definition) is 2. The minimum absolute atomic E-state index is 0.317. The van der Waals surface area contributed by atoms with Crippen LogP contribution in [-0.2, 0) is 6.54 Å². The number of H-pyrrole nitrogens is 1. The number of hydrogen-bond acceptors (Lipinski definition) is 8. The van der Waals surface area contributed by atoms with Crippen molar-refractivity contribution >= 4 is 22.9 Å². The summed E-state index contributed by atoms with van der Waals surface area (Å²) in [4.78, 5) is 21.6. The summed E-state index contributed by atoms with van der Waals surface area (Å²) < 4.78 is 10.9. The Morgan fingerprint density at radius 1 is 1.07 bits per heavy atom. The van der Waals surface area contributed by atoms with Gasteiger partial charge in [0.15, 0.2) is 23.0 Å². The smallest absolute Gasteiger partial charge is 0.231 e. The second-order valence-corrected chi connectivity index (χ2v) is 7.85. The number of piperazine rings is 1. The highest BCUT2D eigenvalue weighted by Gasteiger charge is 2.25. The van der Waals surface area contributed by atoms with Crippen LogP contribution in [0.4, 0.5) is 11.8 Å². The third kappa shape index (κ3) is 3.31. The molecule has 2 fully saturated rings. The standard InChI is InChI=1S/C20H23N7O2/c1-4-15-16(29-12-28-15)9-13(1)10-26-5-7-27(8-6-26)20-24-17-18(23-14-2-3-14)21-11-22-19(17)25-20/h1,4,9,11,14H,2-3,5-8,10,12H2,(H2,21,22,23,24,25). The lowest BCUT2D eigenvalue weighted by molar-refractivity contribution is 0.174. The summed E-state index contributed by atoms with van der Waals surface area (Å²) in [6.07, 6.45) is 4.00. The maximum absolute atomic E-state index is 5.49. The van der Waals surface area contributed by atoms with E-state index in [2.05, 4.69) is 42.2 Å². The first-order chi connectivity index (χ1) is 14.3. The van der Waals surface area contributed by atoms with Crippen LogP contribution in [0.3, 0.4) is 0 Å². The van der Waals surface area contributed by atoms with Crippen molar-refractivity contribution in [2.45, 2.75) is 25.4 Å². The van der Waals surface area contributed by atoms with Crippen LogP contribution in [0.5, 0.6) is 11.5 Å². The number of aromatic amines is 1. The molecule has 2 aromatic heterocycles. The second-order valence-electron chi connectivity index (χ2n) is 7.85. The van der Waals surface area contributed by atoms with Crippen LogP contribution < -0.4 is 19.7 Å². The molecule has 150 valence electrons. The van der Waals surface area contributed by atoms with Gasteiger partial charge < -0.3 is 24.7 Å². The molecule has 0 atom stereocenters. The summed E-state index contributed by atoms with van der Waals surface area (Å²) in [5, 5.41) is 3.46. The highest BCUT2D eigenvalue weighted by atomic mass is 16.7. The molecular weight excluding hydrogens is 370 g/mol. The summed E-state index contributed by atoms with van der Waals surface area (Å²) in [6, 6.07) is 6.74. The van der Waals surface area contributed by atoms with E-state index in [1.165, 1.54) is 18.4 Å². The SMILES string of the molecule is c1nc(NC2CC2)c2[nH]c(N3CCN(Cc4ccc5c(c4)OCO5)CC3)nc2n1. The zero-order valence-corrected chi connectivity index (χ0v) is 16.1. The Morgan fingerprint density at radius 3 is 2.79 bits per heavy atom. The largest absolute Gasteiger partial charge is 0.454 e. The molecule has 29 heavy (non-hydrogen) atoms. The van der Waals surface area contributed by atoms with Crippen molar-refractivity contribution < 1.29 is 9.47 Å². The van der Waals surface area contributed by atoms with Gasteiger partial charge in [0, 0.05) is 38.8 Å². The number of anilines is 2. The van der Waals surface area contributed by atoms with E-state index in [4.69, 9.17) is 14.5 Å². The fourth-order valence-electron chi connectivity index (χ4n) is 3.91. The Balaban J connectivity index is 1.12. The van der Waals surface area contributed by atoms with Gasteiger partial charge in [-0.3, -0.25) is 4.90 Å². The van der Waals surface area contributed by atoms with Crippen molar-refractivity contribution in [2.24, 2.45) is 0 Å². The maximum Gasteiger partial charge on any atom is 0.231 e. The Morgan fingerprint density at radius 2 is 1.93 bits per heavy atom. The Bertz CT molecular complexity index is 1040. The second kappa shape index (κ2) is 6.77. The zero-order valence-electron chi connectivity index (χ0n) is 16.1. The van der Waals surface area contributed by atoms with E-state index in [1.54, 1.807) is 6.33 Å². The number of benzene rings is 1. The Kier molecular flexibility index (Phi) is 3.93. The van der Waals surface area contributed by atoms with Crippen LogP contribution in [0.15, 0.2) is 24.5 Å². The van der Waals surface area contributed by atoms with Crippen molar-refractivity contribution in [1.29, 1.82) is 0 Å². The quantitative estimate of drug-likeness (QED) is 0.680. The van der Waals surface area contributed by atoms with Crippen LogP contribution in [0.25, 0.3) is 11.2 Å². The summed E-state index contributed by atoms with van der Waals surface area (Å²) in [7, 11) is 0. The average molecular weight is 393 g/mol. The number of rotatable bonds is 5. The van der Waals surface area contributed by atoms with Crippen molar-refractivity contribution in [3.63, 3.8) is 0 Å². The van der Waals surface area contributed by atoms with E-state index >= 15 is 0 Å². The number of aromatic nitrogens is 4. The minimum atomic E-state index is 0.317. The molecule has 4 heterocycles. The molecule has 0 bridgehead atoms. The summed E-state index contributed by atoms with van der Waals surface area (Å²) in [6.45, 7) is 5.02. The molecule has 1 aromatic carbocycles. The molecule has 2 N–H and O–H groups in total. The van der Waals surface area contributed by atoms with Crippen molar-refractivity contribution in [3.05, 3.63) is 30.1 Å². The predicted molar refractivity (Wildman–Crippen MR) is 108 cm³/mol. The van der Waals surface area contributed by atoms with E-state index in [9.17, 15) is 0 Å². The van der Waals surface area contributed by atoms with Crippen LogP contribution in [0.2, 0.25) is 0 Å². The number of imidazole rings is 1. The van der Waals surface area contributed by atoms with Gasteiger partial charge >= 0.3 is 0 Å². The molecule has 1 aliphatic carbocycles. The third-order valence-electron chi connectivity index (χ3n) is 5.71. The number of nitrogens with zero attached hydrogens (tertiary/aromatic N) is 5. The van der Waals surface area contributed by atoms with E-state index in [0.29, 0.717) is 12.8 Å². The fraction of sp³-hybridized carbons (Fsp3) is 0.450. The van der Waals surface area contributed by atoms with E-state index in [-0.39, 0.29) is 0 Å². The van der Waals surface area contributed by atoms with Gasteiger partial charge in [-0.2, -0.15) is 4.98 Å². The molecule has 3 aromatic rings. The molecule has 1 saturated heterocycles. The van der Waals surface area contributed by atoms with Gasteiger partial charge in [0.25, 0.3) is 0 Å². The lowest BCUT2D eigenvalue weighted by atomic mass is 10.1. The monoisotopic (exact) mass is 393 g/mol. The highest BCUT2D eigenvalue weighted by molar-refractivity contribution is 5.84. The van der Waals surface area contributed by atoms with Crippen molar-refractivity contribution in [2.75, 3.05) is 43.2 Å². The average Bonchev–Trinajstić information content (AvgIpc) is 3.25. The van der Waals surface area contributed by atoms with Crippen molar-refractivity contribution in [1.82, 2.24) is 24.8 Å². The lowest BCUT2D eigenvalue weighted by Crippen LogP contribution is -2.46. The van der Waals surface area contributed by atoms with Crippen LogP contribution >= 0.6 is 0 Å². The molecule has 3 aliphatic rings. The first-order valence-corrected chi connectivity index (χ1v) is 10.1. The summed E-state index contributed by atoms with van der Waals surface area (Å²) >= 11 is 0. The fourth-order valence-corrected chi connectivity index (χ4v) is 3.91. The molecule has 2 aliphatic heterocycles. The highest BCUT2D eigenvalue weighted by Crippen LogP contribution is 2.33. The maximum atomic E-state index is 5.49. The van der Waals surface area contributed by atoms with Gasteiger partial charge in [-0.15, -0.1) is 0 Å². The molecule has 0 spiro atoms. The molecule has 6 rings (SSSR count). The normalized spacial score (nSPS) is 19.1. The molecular formula is C20H23N7O2. The molecule has 9 heteroatoms. The van der Waals surface area contributed by atoms with E-state index in [0.717, 1.165) is 67.2 Å². The van der Waals surface area contributed by atoms with Gasteiger partial charge in [-0.05, 0) is 30.5 Å². The minimum Gasteiger partial charge on any atom is -0.454 e. The molecule has 1 saturated carbocycles. The van der Waals surface area contributed by atoms with Crippen LogP contribution in [-0.4, -0.2) is 63.8 Å². The lowest BCUT2D eigenvalue weighted by Gasteiger charge is -2.34. The first kappa shape index (κ1) is 16.8. The topological polar surface area (TPSA) is 91.4 Å². The van der Waals surface area contributed by atoms with Crippen LogP contribution in [0.1, 0.15) is 18.4 Å². The molecule has 0 unspecified atom stereocenters. The Hall–Kier alpha value is -3.07. The van der Waals surface area contributed by atoms with Gasteiger partial charge in [0.2, 0.25) is 12.7 Å². The van der Waals surface area contributed by atoms with Gasteiger partial charge in [-0.25, -0.2) is 9.97 Å². The number of fused-ring (bicyclic) bond motifs is 2. The van der Waals surface area contributed by atoms with Gasteiger partial charge in [0.05, 0.1) is 0 Å². The predicted octanol–water partition coefficient (Wildman–Crippen LogP) is 1.98. The van der Waals surface area contributed by atoms with Gasteiger partial charge in [-0.1, -0.05) is 6.07 Å². The Labute approximate surface area is 168 Å². The summed E-state index contributed by atoms with van der Waals surface area (Å²) in [5.41, 5.74) is 2.87. The molecule has 0 radical (unpaired) electrons. The number of ether oxygens (including phenoxy) is 2. The number of nitrogens with one attached hydrogen (secondary N) is 2.